The lowest BCUT2D eigenvalue weighted by molar-refractivity contribution is -0.194. The Morgan fingerprint density at radius 2 is 1.74 bits per heavy atom. The number of esters is 2. The van der Waals surface area contributed by atoms with Gasteiger partial charge >= 0.3 is 11.9 Å². The molecule has 0 bridgehead atoms. The quantitative estimate of drug-likeness (QED) is 0.778. The molecule has 5 unspecified atom stereocenters. The zero-order valence-corrected chi connectivity index (χ0v) is 14.1. The lowest BCUT2D eigenvalue weighted by atomic mass is 10.0. The van der Waals surface area contributed by atoms with E-state index < -0.39 is 46.5 Å². The van der Waals surface area contributed by atoms with Gasteiger partial charge in [-0.15, -0.1) is 0 Å². The number of carbonyl (C=O) groups is 2. The Labute approximate surface area is 137 Å². The molecule has 0 aliphatic carbocycles. The van der Waals surface area contributed by atoms with Crippen molar-refractivity contribution in [3.05, 3.63) is 30.3 Å². The molecule has 2 rings (SSSR count). The van der Waals surface area contributed by atoms with Crippen molar-refractivity contribution in [1.82, 2.24) is 0 Å². The molecule has 1 heterocycles. The fourth-order valence-corrected chi connectivity index (χ4v) is 3.90. The van der Waals surface area contributed by atoms with Crippen LogP contribution < -0.4 is 0 Å². The van der Waals surface area contributed by atoms with Crippen LogP contribution >= 0.6 is 0 Å². The standard InChI is InChI=1S/C16H20O6S/c1-10-16(22-12(3)18)14(21-11(2)17)9-15(20-10)23(19)13-7-5-4-6-8-13/h4-8,10,14-16H,9H2,1-3H3. The van der Waals surface area contributed by atoms with Crippen molar-refractivity contribution in [3.8, 4) is 0 Å². The highest BCUT2D eigenvalue weighted by Crippen LogP contribution is 2.29. The first-order valence-corrected chi connectivity index (χ1v) is 8.55. The summed E-state index contributed by atoms with van der Waals surface area (Å²) in [5, 5.41) is 0. The predicted octanol–water partition coefficient (Wildman–Crippen LogP) is 1.79. The Hall–Kier alpha value is -1.73. The van der Waals surface area contributed by atoms with E-state index in [1.54, 1.807) is 31.2 Å². The van der Waals surface area contributed by atoms with Gasteiger partial charge in [0.15, 0.2) is 6.10 Å². The van der Waals surface area contributed by atoms with Crippen molar-refractivity contribution in [3.63, 3.8) is 0 Å². The molecule has 1 aliphatic rings. The van der Waals surface area contributed by atoms with Gasteiger partial charge in [-0.2, -0.15) is 0 Å². The molecule has 1 saturated heterocycles. The second kappa shape index (κ2) is 7.70. The smallest absolute Gasteiger partial charge is 0.303 e. The Morgan fingerprint density at radius 3 is 2.30 bits per heavy atom. The van der Waals surface area contributed by atoms with Gasteiger partial charge in [-0.25, -0.2) is 0 Å². The molecule has 1 aromatic carbocycles. The molecule has 1 aliphatic heterocycles. The van der Waals surface area contributed by atoms with Crippen LogP contribution in [-0.4, -0.2) is 39.9 Å². The normalized spacial score (nSPS) is 28.7. The zero-order valence-electron chi connectivity index (χ0n) is 13.3. The van der Waals surface area contributed by atoms with E-state index in [2.05, 4.69) is 0 Å². The molecular weight excluding hydrogens is 320 g/mol. The number of ether oxygens (including phenoxy) is 3. The number of benzene rings is 1. The summed E-state index contributed by atoms with van der Waals surface area (Å²) in [5.41, 5.74) is -0.636. The molecule has 6 nitrogen and oxygen atoms in total. The number of rotatable bonds is 4. The van der Waals surface area contributed by atoms with E-state index in [0.717, 1.165) is 0 Å². The Kier molecular flexibility index (Phi) is 5.90. The summed E-state index contributed by atoms with van der Waals surface area (Å²) in [5.74, 6) is -0.962. The molecule has 0 N–H and O–H groups in total. The summed E-state index contributed by atoms with van der Waals surface area (Å²) >= 11 is 0. The van der Waals surface area contributed by atoms with E-state index in [9.17, 15) is 13.8 Å². The van der Waals surface area contributed by atoms with Crippen LogP contribution in [0.15, 0.2) is 35.2 Å². The molecule has 1 aromatic rings. The van der Waals surface area contributed by atoms with Gasteiger partial charge < -0.3 is 14.2 Å². The van der Waals surface area contributed by atoms with E-state index in [4.69, 9.17) is 14.2 Å². The third kappa shape index (κ3) is 4.62. The van der Waals surface area contributed by atoms with E-state index in [0.29, 0.717) is 4.90 Å². The molecular formula is C16H20O6S. The maximum Gasteiger partial charge on any atom is 0.303 e. The van der Waals surface area contributed by atoms with Gasteiger partial charge in [0.2, 0.25) is 0 Å². The van der Waals surface area contributed by atoms with E-state index in [1.165, 1.54) is 13.8 Å². The average Bonchev–Trinajstić information content (AvgIpc) is 2.49. The third-order valence-electron chi connectivity index (χ3n) is 3.45. The Morgan fingerprint density at radius 1 is 1.13 bits per heavy atom. The monoisotopic (exact) mass is 340 g/mol. The van der Waals surface area contributed by atoms with Gasteiger partial charge in [0.25, 0.3) is 0 Å². The first-order chi connectivity index (χ1) is 10.9. The van der Waals surface area contributed by atoms with Crippen LogP contribution in [0.3, 0.4) is 0 Å². The molecule has 0 saturated carbocycles. The molecule has 126 valence electrons. The highest BCUT2D eigenvalue weighted by Gasteiger charge is 2.43. The van der Waals surface area contributed by atoms with E-state index in [-0.39, 0.29) is 6.42 Å². The van der Waals surface area contributed by atoms with Crippen LogP contribution in [0, 0.1) is 0 Å². The SMILES string of the molecule is CC(=O)OC1CC(S(=O)c2ccccc2)OC(C)C1OC(C)=O. The van der Waals surface area contributed by atoms with Gasteiger partial charge in [0, 0.05) is 25.2 Å². The molecule has 1 fully saturated rings. The maximum absolute atomic E-state index is 12.6. The summed E-state index contributed by atoms with van der Waals surface area (Å²) in [4.78, 5) is 23.2. The van der Waals surface area contributed by atoms with Crippen LogP contribution in [0.2, 0.25) is 0 Å². The van der Waals surface area contributed by atoms with Crippen molar-refractivity contribution in [2.24, 2.45) is 0 Å². The molecule has 5 atom stereocenters. The number of hydrogen-bond donors (Lipinski definition) is 0. The van der Waals surface area contributed by atoms with Gasteiger partial charge in [0.05, 0.1) is 16.9 Å². The second-order valence-electron chi connectivity index (χ2n) is 5.34. The Bertz CT molecular complexity index is 587. The first kappa shape index (κ1) is 17.6. The van der Waals surface area contributed by atoms with E-state index >= 15 is 0 Å². The minimum Gasteiger partial charge on any atom is -0.458 e. The first-order valence-electron chi connectivity index (χ1n) is 7.34. The predicted molar refractivity (Wildman–Crippen MR) is 82.9 cm³/mol. The fourth-order valence-electron chi connectivity index (χ4n) is 2.53. The van der Waals surface area contributed by atoms with Gasteiger partial charge in [-0.1, -0.05) is 18.2 Å². The summed E-state index contributed by atoms with van der Waals surface area (Å²) in [7, 11) is -1.41. The van der Waals surface area contributed by atoms with Crippen molar-refractivity contribution in [2.75, 3.05) is 0 Å². The lowest BCUT2D eigenvalue weighted by Gasteiger charge is -2.38. The van der Waals surface area contributed by atoms with Crippen molar-refractivity contribution in [1.29, 1.82) is 0 Å². The molecule has 0 spiro atoms. The minimum atomic E-state index is -1.41. The molecule has 0 radical (unpaired) electrons. The second-order valence-corrected chi connectivity index (χ2v) is 6.93. The number of carbonyl (C=O) groups excluding carboxylic acids is 2. The van der Waals surface area contributed by atoms with Crippen molar-refractivity contribution < 1.29 is 28.0 Å². The largest absolute Gasteiger partial charge is 0.458 e. The highest BCUT2D eigenvalue weighted by atomic mass is 32.2. The van der Waals surface area contributed by atoms with Gasteiger partial charge in [-0.3, -0.25) is 13.8 Å². The van der Waals surface area contributed by atoms with Crippen molar-refractivity contribution >= 4 is 22.7 Å². The van der Waals surface area contributed by atoms with Crippen LogP contribution in [0.25, 0.3) is 0 Å². The topological polar surface area (TPSA) is 78.9 Å². The van der Waals surface area contributed by atoms with Crippen LogP contribution in [0.4, 0.5) is 0 Å². The zero-order chi connectivity index (χ0) is 17.0. The fraction of sp³-hybridized carbons (Fsp3) is 0.500. The summed E-state index contributed by atoms with van der Waals surface area (Å²) in [6.45, 7) is 4.28. The van der Waals surface area contributed by atoms with Crippen LogP contribution in [-0.2, 0) is 34.6 Å². The highest BCUT2D eigenvalue weighted by molar-refractivity contribution is 7.85. The third-order valence-corrected chi connectivity index (χ3v) is 4.97. The number of hydrogen-bond acceptors (Lipinski definition) is 6. The molecule has 7 heteroatoms. The summed E-state index contributed by atoms with van der Waals surface area (Å²) in [6.07, 6.45) is -1.73. The van der Waals surface area contributed by atoms with Crippen molar-refractivity contribution in [2.45, 2.75) is 55.8 Å². The van der Waals surface area contributed by atoms with Gasteiger partial charge in [0.1, 0.15) is 11.5 Å². The van der Waals surface area contributed by atoms with Gasteiger partial charge in [-0.05, 0) is 19.1 Å². The summed E-state index contributed by atoms with van der Waals surface area (Å²) in [6, 6.07) is 8.94. The molecule has 23 heavy (non-hydrogen) atoms. The van der Waals surface area contributed by atoms with E-state index in [1.807, 2.05) is 6.07 Å². The average molecular weight is 340 g/mol. The Balaban J connectivity index is 2.17. The maximum atomic E-state index is 12.6. The minimum absolute atomic E-state index is 0.198. The molecule has 0 amide bonds. The molecule has 0 aromatic heterocycles. The van der Waals surface area contributed by atoms with Crippen LogP contribution in [0.1, 0.15) is 27.2 Å². The summed E-state index contributed by atoms with van der Waals surface area (Å²) < 4.78 is 28.9. The van der Waals surface area contributed by atoms with Crippen LogP contribution in [0.5, 0.6) is 0 Å². The lowest BCUT2D eigenvalue weighted by Crippen LogP contribution is -2.51.